The number of piperidine rings is 1. The average molecular weight is 332 g/mol. The molecule has 0 aromatic carbocycles. The topological polar surface area (TPSA) is 71.0 Å². The minimum absolute atomic E-state index is 0.0665. The summed E-state index contributed by atoms with van der Waals surface area (Å²) in [6.45, 7) is 3.55. The number of amides is 1. The molecule has 120 valence electrons. The van der Waals surface area contributed by atoms with E-state index < -0.39 is 0 Å². The number of aromatic nitrogens is 3. The molecule has 0 saturated carbocycles. The SMILES string of the molecule is Cc1ccc(N2CCCC(NC(=O)c3ccc(Cl)cn3)C2)nn1. The zero-order valence-corrected chi connectivity index (χ0v) is 13.6. The monoisotopic (exact) mass is 331 g/mol. The smallest absolute Gasteiger partial charge is 0.270 e. The average Bonchev–Trinajstić information content (AvgIpc) is 2.56. The molecule has 1 N–H and O–H groups in total. The lowest BCUT2D eigenvalue weighted by Gasteiger charge is -2.33. The first-order valence-corrected chi connectivity index (χ1v) is 7.97. The molecule has 0 aliphatic carbocycles. The molecule has 3 heterocycles. The Morgan fingerprint density at radius 2 is 2.17 bits per heavy atom. The van der Waals surface area contributed by atoms with Gasteiger partial charge in [-0.05, 0) is 44.0 Å². The quantitative estimate of drug-likeness (QED) is 0.934. The second-order valence-electron chi connectivity index (χ2n) is 5.65. The van der Waals surface area contributed by atoms with Crippen LogP contribution in [-0.4, -0.2) is 40.2 Å². The molecule has 23 heavy (non-hydrogen) atoms. The maximum atomic E-state index is 12.2. The molecule has 1 amide bonds. The van der Waals surface area contributed by atoms with Gasteiger partial charge < -0.3 is 10.2 Å². The Morgan fingerprint density at radius 1 is 1.30 bits per heavy atom. The third kappa shape index (κ3) is 3.96. The lowest BCUT2D eigenvalue weighted by atomic mass is 10.1. The van der Waals surface area contributed by atoms with Gasteiger partial charge in [0.05, 0.1) is 10.7 Å². The Morgan fingerprint density at radius 3 is 2.87 bits per heavy atom. The first-order valence-electron chi connectivity index (χ1n) is 7.59. The lowest BCUT2D eigenvalue weighted by Crippen LogP contribution is -2.48. The predicted octanol–water partition coefficient (Wildman–Crippen LogP) is 2.23. The van der Waals surface area contributed by atoms with E-state index in [9.17, 15) is 4.79 Å². The second kappa shape index (κ2) is 6.91. The number of anilines is 1. The van der Waals surface area contributed by atoms with Crippen LogP contribution < -0.4 is 10.2 Å². The molecule has 1 aliphatic heterocycles. The largest absolute Gasteiger partial charge is 0.353 e. The predicted molar refractivity (Wildman–Crippen MR) is 88.7 cm³/mol. The Bertz CT molecular complexity index is 674. The van der Waals surface area contributed by atoms with E-state index in [2.05, 4.69) is 25.4 Å². The standard InChI is InChI=1S/C16H18ClN5O/c1-11-4-7-15(21-20-11)22-8-2-3-13(10-22)19-16(23)14-6-5-12(17)9-18-14/h4-7,9,13H,2-3,8,10H2,1H3,(H,19,23). The van der Waals surface area contributed by atoms with Gasteiger partial charge >= 0.3 is 0 Å². The van der Waals surface area contributed by atoms with Crippen molar-refractivity contribution in [2.45, 2.75) is 25.8 Å². The van der Waals surface area contributed by atoms with Crippen molar-refractivity contribution in [1.29, 1.82) is 0 Å². The van der Waals surface area contributed by atoms with Crippen molar-refractivity contribution in [3.63, 3.8) is 0 Å². The Balaban J connectivity index is 1.63. The van der Waals surface area contributed by atoms with Gasteiger partial charge in [0.2, 0.25) is 0 Å². The number of nitrogens with zero attached hydrogens (tertiary/aromatic N) is 4. The molecule has 1 unspecified atom stereocenters. The molecule has 2 aromatic heterocycles. The number of carbonyl (C=O) groups is 1. The molecular weight excluding hydrogens is 314 g/mol. The van der Waals surface area contributed by atoms with Crippen molar-refractivity contribution in [3.8, 4) is 0 Å². The van der Waals surface area contributed by atoms with Crippen molar-refractivity contribution >= 4 is 23.3 Å². The van der Waals surface area contributed by atoms with Crippen molar-refractivity contribution in [2.24, 2.45) is 0 Å². The number of aryl methyl sites for hydroxylation is 1. The lowest BCUT2D eigenvalue weighted by molar-refractivity contribution is 0.0928. The van der Waals surface area contributed by atoms with Crippen LogP contribution in [-0.2, 0) is 0 Å². The van der Waals surface area contributed by atoms with Gasteiger partial charge in [0.15, 0.2) is 5.82 Å². The highest BCUT2D eigenvalue weighted by Gasteiger charge is 2.23. The second-order valence-corrected chi connectivity index (χ2v) is 6.09. The normalized spacial score (nSPS) is 17.8. The highest BCUT2D eigenvalue weighted by molar-refractivity contribution is 6.30. The van der Waals surface area contributed by atoms with Crippen LogP contribution in [0.4, 0.5) is 5.82 Å². The fourth-order valence-electron chi connectivity index (χ4n) is 2.63. The molecule has 7 heteroatoms. The van der Waals surface area contributed by atoms with Gasteiger partial charge in [-0.3, -0.25) is 4.79 Å². The summed E-state index contributed by atoms with van der Waals surface area (Å²) in [4.78, 5) is 18.4. The number of hydrogen-bond donors (Lipinski definition) is 1. The van der Waals surface area contributed by atoms with Crippen LogP contribution >= 0.6 is 11.6 Å². The maximum Gasteiger partial charge on any atom is 0.270 e. The summed E-state index contributed by atoms with van der Waals surface area (Å²) in [6.07, 6.45) is 3.41. The van der Waals surface area contributed by atoms with Crippen LogP contribution in [0.2, 0.25) is 5.02 Å². The molecule has 2 aromatic rings. The van der Waals surface area contributed by atoms with Gasteiger partial charge in [0.1, 0.15) is 5.69 Å². The number of halogens is 1. The Kier molecular flexibility index (Phi) is 4.71. The van der Waals surface area contributed by atoms with Gasteiger partial charge in [-0.2, -0.15) is 5.10 Å². The van der Waals surface area contributed by atoms with Gasteiger partial charge in [0, 0.05) is 25.3 Å². The fraction of sp³-hybridized carbons (Fsp3) is 0.375. The molecule has 0 radical (unpaired) electrons. The minimum Gasteiger partial charge on any atom is -0.353 e. The Labute approximate surface area is 139 Å². The van der Waals surface area contributed by atoms with Crippen LogP contribution in [0.1, 0.15) is 29.0 Å². The molecule has 1 fully saturated rings. The summed E-state index contributed by atoms with van der Waals surface area (Å²) in [5.41, 5.74) is 1.27. The summed E-state index contributed by atoms with van der Waals surface area (Å²) in [5.74, 6) is 0.669. The van der Waals surface area contributed by atoms with E-state index in [1.807, 2.05) is 19.1 Å². The van der Waals surface area contributed by atoms with Gasteiger partial charge in [-0.25, -0.2) is 4.98 Å². The van der Waals surface area contributed by atoms with Crippen LogP contribution in [0.3, 0.4) is 0 Å². The fourth-order valence-corrected chi connectivity index (χ4v) is 2.74. The minimum atomic E-state index is -0.177. The molecule has 1 saturated heterocycles. The molecule has 3 rings (SSSR count). The van der Waals surface area contributed by atoms with E-state index in [4.69, 9.17) is 11.6 Å². The summed E-state index contributed by atoms with van der Waals surface area (Å²) in [7, 11) is 0. The van der Waals surface area contributed by atoms with E-state index >= 15 is 0 Å². The number of rotatable bonds is 3. The molecule has 0 bridgehead atoms. The van der Waals surface area contributed by atoms with Crippen molar-refractivity contribution in [3.05, 3.63) is 46.9 Å². The zero-order valence-electron chi connectivity index (χ0n) is 12.9. The highest BCUT2D eigenvalue weighted by Crippen LogP contribution is 2.17. The molecule has 0 spiro atoms. The van der Waals surface area contributed by atoms with Crippen LogP contribution in [0.25, 0.3) is 0 Å². The van der Waals surface area contributed by atoms with Crippen molar-refractivity contribution < 1.29 is 4.79 Å². The maximum absolute atomic E-state index is 12.2. The molecule has 6 nitrogen and oxygen atoms in total. The number of nitrogens with one attached hydrogen (secondary N) is 1. The first kappa shape index (κ1) is 15.7. The van der Waals surface area contributed by atoms with E-state index in [-0.39, 0.29) is 11.9 Å². The van der Waals surface area contributed by atoms with Gasteiger partial charge in [0.25, 0.3) is 5.91 Å². The van der Waals surface area contributed by atoms with E-state index in [0.717, 1.165) is 37.4 Å². The first-order chi connectivity index (χ1) is 11.1. The third-order valence-corrected chi connectivity index (χ3v) is 4.05. The number of pyridine rings is 1. The summed E-state index contributed by atoms with van der Waals surface area (Å²) >= 11 is 5.79. The molecule has 1 atom stereocenters. The van der Waals surface area contributed by atoms with Crippen LogP contribution in [0.5, 0.6) is 0 Å². The number of carbonyl (C=O) groups excluding carboxylic acids is 1. The summed E-state index contributed by atoms with van der Waals surface area (Å²) in [5, 5.41) is 11.9. The summed E-state index contributed by atoms with van der Waals surface area (Å²) < 4.78 is 0. The van der Waals surface area contributed by atoms with Crippen LogP contribution in [0.15, 0.2) is 30.5 Å². The van der Waals surface area contributed by atoms with Crippen LogP contribution in [0, 0.1) is 6.92 Å². The van der Waals surface area contributed by atoms with Crippen molar-refractivity contribution in [1.82, 2.24) is 20.5 Å². The molecular formula is C16H18ClN5O. The summed E-state index contributed by atoms with van der Waals surface area (Å²) in [6, 6.07) is 7.27. The Hall–Kier alpha value is -2.21. The van der Waals surface area contributed by atoms with E-state index in [1.54, 1.807) is 12.1 Å². The van der Waals surface area contributed by atoms with Crippen molar-refractivity contribution in [2.75, 3.05) is 18.0 Å². The highest BCUT2D eigenvalue weighted by atomic mass is 35.5. The third-order valence-electron chi connectivity index (χ3n) is 3.82. The van der Waals surface area contributed by atoms with Gasteiger partial charge in [-0.1, -0.05) is 11.6 Å². The molecule has 1 aliphatic rings. The number of hydrogen-bond acceptors (Lipinski definition) is 5. The van der Waals surface area contributed by atoms with E-state index in [1.165, 1.54) is 6.20 Å². The van der Waals surface area contributed by atoms with E-state index in [0.29, 0.717) is 10.7 Å². The van der Waals surface area contributed by atoms with Gasteiger partial charge in [-0.15, -0.1) is 5.10 Å². The zero-order chi connectivity index (χ0) is 16.2.